The lowest BCUT2D eigenvalue weighted by molar-refractivity contribution is -0.133. The molecule has 0 saturated heterocycles. The number of carbonyl (C=O) groups is 4. The van der Waals surface area contributed by atoms with Crippen LogP contribution in [0, 0.1) is 0 Å². The molecule has 3 rings (SSSR count). The average Bonchev–Trinajstić information content (AvgIpc) is 2.87. The third kappa shape index (κ3) is 6.99. The second-order valence-electron chi connectivity index (χ2n) is 9.46. The Morgan fingerprint density at radius 1 is 1.05 bits per heavy atom. The monoisotopic (exact) mass is 525 g/mol. The van der Waals surface area contributed by atoms with E-state index in [0.29, 0.717) is 23.2 Å². The minimum absolute atomic E-state index is 0.00919. The minimum Gasteiger partial charge on any atom is -0.508 e. The summed E-state index contributed by atoms with van der Waals surface area (Å²) in [5.41, 5.74) is 26.2. The number of phenolic OH excluding ortho intramolecular Hbond substituents is 1. The van der Waals surface area contributed by atoms with Crippen molar-refractivity contribution < 1.29 is 24.3 Å². The van der Waals surface area contributed by atoms with Crippen LogP contribution in [0.15, 0.2) is 36.4 Å². The van der Waals surface area contributed by atoms with Gasteiger partial charge in [-0.05, 0) is 72.8 Å². The average molecular weight is 526 g/mol. The number of hydrogen-bond donors (Lipinski definition) is 8. The van der Waals surface area contributed by atoms with Gasteiger partial charge in [-0.25, -0.2) is 0 Å². The number of anilines is 1. The number of rotatable bonds is 6. The van der Waals surface area contributed by atoms with Gasteiger partial charge in [0.2, 0.25) is 23.6 Å². The van der Waals surface area contributed by atoms with E-state index in [1.165, 1.54) is 13.0 Å². The van der Waals surface area contributed by atoms with Gasteiger partial charge in [0, 0.05) is 18.5 Å². The molecule has 38 heavy (non-hydrogen) atoms. The number of amides is 4. The van der Waals surface area contributed by atoms with Crippen LogP contribution in [-0.2, 0) is 32.0 Å². The minimum atomic E-state index is -1.15. The fourth-order valence-corrected chi connectivity index (χ4v) is 4.18. The summed E-state index contributed by atoms with van der Waals surface area (Å²) in [4.78, 5) is 50.9. The number of hydrogen-bond acceptors (Lipinski definition) is 8. The highest BCUT2D eigenvalue weighted by Gasteiger charge is 2.30. The van der Waals surface area contributed by atoms with Gasteiger partial charge in [-0.1, -0.05) is 12.1 Å². The van der Waals surface area contributed by atoms with E-state index in [2.05, 4.69) is 16.0 Å². The maximum absolute atomic E-state index is 13.3. The number of nitrogen functional groups attached to an aromatic ring is 1. The van der Waals surface area contributed by atoms with E-state index in [9.17, 15) is 24.3 Å². The molecule has 1 heterocycles. The lowest BCUT2D eigenvalue weighted by atomic mass is 9.95. The van der Waals surface area contributed by atoms with Crippen LogP contribution in [0.1, 0.15) is 30.9 Å². The number of primary amides is 1. The first-order valence-corrected chi connectivity index (χ1v) is 12.4. The van der Waals surface area contributed by atoms with Crippen LogP contribution in [-0.4, -0.2) is 59.4 Å². The number of benzene rings is 2. The van der Waals surface area contributed by atoms with Gasteiger partial charge in [-0.2, -0.15) is 0 Å². The number of nitrogens with one attached hydrogen (secondary N) is 3. The predicted octanol–water partition coefficient (Wildman–Crippen LogP) is -1.23. The van der Waals surface area contributed by atoms with Gasteiger partial charge in [0.25, 0.3) is 0 Å². The first-order chi connectivity index (χ1) is 18.0. The van der Waals surface area contributed by atoms with Crippen molar-refractivity contribution in [3.63, 3.8) is 0 Å². The van der Waals surface area contributed by atoms with Gasteiger partial charge >= 0.3 is 0 Å². The Balaban J connectivity index is 2.09. The van der Waals surface area contributed by atoms with Crippen LogP contribution in [0.3, 0.4) is 0 Å². The van der Waals surface area contributed by atoms with Gasteiger partial charge in [0.15, 0.2) is 0 Å². The molecule has 2 aromatic rings. The Morgan fingerprint density at radius 2 is 1.71 bits per heavy atom. The molecule has 2 aromatic carbocycles. The molecule has 204 valence electrons. The number of phenols is 1. The molecule has 1 aliphatic heterocycles. The summed E-state index contributed by atoms with van der Waals surface area (Å²) in [6.45, 7) is 1.70. The quantitative estimate of drug-likeness (QED) is 0.212. The maximum atomic E-state index is 13.3. The molecule has 0 spiro atoms. The van der Waals surface area contributed by atoms with Crippen molar-refractivity contribution in [3.8, 4) is 16.9 Å². The van der Waals surface area contributed by atoms with Crippen molar-refractivity contribution in [3.05, 3.63) is 47.5 Å². The van der Waals surface area contributed by atoms with Crippen molar-refractivity contribution >= 4 is 29.3 Å². The fourth-order valence-electron chi connectivity index (χ4n) is 4.18. The van der Waals surface area contributed by atoms with Crippen LogP contribution >= 0.6 is 0 Å². The third-order valence-corrected chi connectivity index (χ3v) is 6.50. The lowest BCUT2D eigenvalue weighted by Crippen LogP contribution is -2.58. The van der Waals surface area contributed by atoms with Crippen LogP contribution in [0.2, 0.25) is 0 Å². The van der Waals surface area contributed by atoms with Gasteiger partial charge in [0.05, 0.1) is 6.04 Å². The standard InChI is InChI=1S/C26H35N7O5/c1-13(23(30)35)31-26(38)21-12-16-9-14(4-6-18(16)28)15-5-7-22(34)17(10-15)11-19(29)24(36)32-20(3-2-8-27)25(37)33-21/h4-7,9-10,13,19-21,34H,2-3,8,11-12,27-29H2,1H3,(H2,30,35)(H,31,38)(H,32,36)(H,33,37)/t13-,19?,20-,21-/m0/s1. The summed E-state index contributed by atoms with van der Waals surface area (Å²) in [5, 5.41) is 18.2. The predicted molar refractivity (Wildman–Crippen MR) is 142 cm³/mol. The largest absolute Gasteiger partial charge is 0.508 e. The van der Waals surface area contributed by atoms with E-state index >= 15 is 0 Å². The van der Waals surface area contributed by atoms with E-state index in [-0.39, 0.29) is 31.6 Å². The molecule has 12 heteroatoms. The molecule has 0 aromatic heterocycles. The van der Waals surface area contributed by atoms with Crippen molar-refractivity contribution in [1.82, 2.24) is 16.0 Å². The van der Waals surface area contributed by atoms with E-state index in [1.54, 1.807) is 30.3 Å². The van der Waals surface area contributed by atoms with E-state index < -0.39 is 47.8 Å². The Kier molecular flexibility index (Phi) is 9.26. The molecule has 4 bridgehead atoms. The zero-order chi connectivity index (χ0) is 28.0. The van der Waals surface area contributed by atoms with Crippen molar-refractivity contribution in [2.45, 2.75) is 56.8 Å². The highest BCUT2D eigenvalue weighted by Crippen LogP contribution is 2.29. The van der Waals surface area contributed by atoms with Crippen LogP contribution in [0.25, 0.3) is 11.1 Å². The molecule has 0 aliphatic carbocycles. The molecule has 1 aliphatic rings. The summed E-state index contributed by atoms with van der Waals surface area (Å²) in [5.74, 6) is -2.64. The first-order valence-electron chi connectivity index (χ1n) is 12.4. The summed E-state index contributed by atoms with van der Waals surface area (Å²) in [7, 11) is 0. The lowest BCUT2D eigenvalue weighted by Gasteiger charge is -2.25. The highest BCUT2D eigenvalue weighted by atomic mass is 16.3. The highest BCUT2D eigenvalue weighted by molar-refractivity contribution is 5.95. The molecule has 0 radical (unpaired) electrons. The van der Waals surface area contributed by atoms with E-state index in [0.717, 1.165) is 11.1 Å². The van der Waals surface area contributed by atoms with Gasteiger partial charge < -0.3 is 44.0 Å². The zero-order valence-electron chi connectivity index (χ0n) is 21.2. The number of aromatic hydroxyl groups is 1. The summed E-state index contributed by atoms with van der Waals surface area (Å²) >= 11 is 0. The third-order valence-electron chi connectivity index (χ3n) is 6.50. The Morgan fingerprint density at radius 3 is 2.37 bits per heavy atom. The van der Waals surface area contributed by atoms with Gasteiger partial charge in [0.1, 0.15) is 23.9 Å². The van der Waals surface area contributed by atoms with Crippen molar-refractivity contribution in [2.24, 2.45) is 17.2 Å². The molecular weight excluding hydrogens is 490 g/mol. The van der Waals surface area contributed by atoms with Crippen molar-refractivity contribution in [1.29, 1.82) is 0 Å². The molecule has 0 saturated carbocycles. The second-order valence-corrected chi connectivity index (χ2v) is 9.46. The van der Waals surface area contributed by atoms with Crippen molar-refractivity contribution in [2.75, 3.05) is 12.3 Å². The fraction of sp³-hybridized carbons (Fsp3) is 0.385. The summed E-state index contributed by atoms with van der Waals surface area (Å²) in [6.07, 6.45) is 0.630. The SMILES string of the molecule is C[C@H](NC(=O)[C@@H]1Cc2cc(ccc2N)-c2ccc(O)c(c2)CC(N)C(=O)N[C@@H](CCCN)C(=O)N1)C(N)=O. The smallest absolute Gasteiger partial charge is 0.243 e. The zero-order valence-corrected chi connectivity index (χ0v) is 21.2. The van der Waals surface area contributed by atoms with Crippen LogP contribution in [0.5, 0.6) is 5.75 Å². The second kappa shape index (κ2) is 12.4. The number of carbonyl (C=O) groups excluding carboxylic acids is 4. The molecule has 12 nitrogen and oxygen atoms in total. The Hall–Kier alpha value is -4.16. The molecule has 4 amide bonds. The molecule has 4 atom stereocenters. The molecule has 1 unspecified atom stereocenters. The van der Waals surface area contributed by atoms with Gasteiger partial charge in [-0.3, -0.25) is 19.2 Å². The molecule has 12 N–H and O–H groups in total. The number of fused-ring (bicyclic) bond motifs is 5. The Labute approximate surface area is 220 Å². The normalized spacial score (nSPS) is 20.8. The van der Waals surface area contributed by atoms with Crippen LogP contribution < -0.4 is 38.9 Å². The summed E-state index contributed by atoms with van der Waals surface area (Å²) in [6, 6.07) is 5.97. The molecule has 0 fully saturated rings. The topological polar surface area (TPSA) is 229 Å². The number of nitrogens with two attached hydrogens (primary N) is 4. The van der Waals surface area contributed by atoms with Crippen LogP contribution in [0.4, 0.5) is 5.69 Å². The Bertz CT molecular complexity index is 1220. The van der Waals surface area contributed by atoms with E-state index in [1.807, 2.05) is 0 Å². The summed E-state index contributed by atoms with van der Waals surface area (Å²) < 4.78 is 0. The van der Waals surface area contributed by atoms with Gasteiger partial charge in [-0.15, -0.1) is 0 Å². The maximum Gasteiger partial charge on any atom is 0.243 e. The molecular formula is C26H35N7O5. The van der Waals surface area contributed by atoms with E-state index in [4.69, 9.17) is 22.9 Å². The first kappa shape index (κ1) is 28.4.